The Morgan fingerprint density at radius 3 is 2.90 bits per heavy atom. The van der Waals surface area contributed by atoms with Crippen LogP contribution in [0.25, 0.3) is 10.9 Å². The summed E-state index contributed by atoms with van der Waals surface area (Å²) < 4.78 is 2.67. The topological polar surface area (TPSA) is 76.3 Å². The first-order valence-corrected chi connectivity index (χ1v) is 7.22. The van der Waals surface area contributed by atoms with Crippen molar-refractivity contribution >= 4 is 10.9 Å². The minimum absolute atomic E-state index is 0.0800. The quantitative estimate of drug-likeness (QED) is 0.839. The standard InChI is InChI=1S/C15H19N3O3/c1-17-11-5-2-6-12(19)13(11)14(20)18(15(17)21)9-10-4-3-7-16-8-10/h2,5-6,10,16,19H,3-4,7-9H2,1H3. The molecule has 112 valence electrons. The fourth-order valence-corrected chi connectivity index (χ4v) is 3.03. The Morgan fingerprint density at radius 2 is 2.19 bits per heavy atom. The number of phenolic OH excluding ortho intramolecular Hbond substituents is 1. The van der Waals surface area contributed by atoms with Crippen LogP contribution in [-0.4, -0.2) is 27.3 Å². The fourth-order valence-electron chi connectivity index (χ4n) is 3.03. The minimum atomic E-state index is -0.406. The van der Waals surface area contributed by atoms with E-state index in [-0.39, 0.29) is 22.7 Å². The molecule has 1 aliphatic rings. The molecule has 0 spiro atoms. The van der Waals surface area contributed by atoms with Crippen LogP contribution in [0.15, 0.2) is 27.8 Å². The van der Waals surface area contributed by atoms with Gasteiger partial charge in [0.05, 0.1) is 5.52 Å². The summed E-state index contributed by atoms with van der Waals surface area (Å²) in [7, 11) is 1.62. The van der Waals surface area contributed by atoms with Gasteiger partial charge in [-0.2, -0.15) is 0 Å². The molecule has 3 rings (SSSR count). The van der Waals surface area contributed by atoms with Crippen molar-refractivity contribution in [3.05, 3.63) is 39.0 Å². The number of hydrogen-bond donors (Lipinski definition) is 2. The molecule has 1 atom stereocenters. The molecule has 1 aliphatic heterocycles. The summed E-state index contributed by atoms with van der Waals surface area (Å²) in [4.78, 5) is 25.0. The molecule has 1 saturated heterocycles. The molecule has 1 fully saturated rings. The molecule has 0 radical (unpaired) electrons. The van der Waals surface area contributed by atoms with Crippen molar-refractivity contribution in [1.82, 2.24) is 14.5 Å². The third-order valence-electron chi connectivity index (χ3n) is 4.20. The van der Waals surface area contributed by atoms with E-state index in [9.17, 15) is 14.7 Å². The van der Waals surface area contributed by atoms with Crippen LogP contribution in [0.3, 0.4) is 0 Å². The number of piperidine rings is 1. The normalized spacial score (nSPS) is 19.0. The van der Waals surface area contributed by atoms with E-state index < -0.39 is 5.56 Å². The number of phenols is 1. The summed E-state index contributed by atoms with van der Waals surface area (Å²) in [6.45, 7) is 2.19. The van der Waals surface area contributed by atoms with Crippen LogP contribution in [0.4, 0.5) is 0 Å². The molecular weight excluding hydrogens is 270 g/mol. The maximum absolute atomic E-state index is 12.6. The summed E-state index contributed by atoms with van der Waals surface area (Å²) in [6, 6.07) is 4.77. The van der Waals surface area contributed by atoms with Gasteiger partial charge in [-0.25, -0.2) is 4.79 Å². The monoisotopic (exact) mass is 289 g/mol. The van der Waals surface area contributed by atoms with E-state index in [1.165, 1.54) is 15.2 Å². The van der Waals surface area contributed by atoms with E-state index in [1.54, 1.807) is 19.2 Å². The first-order valence-electron chi connectivity index (χ1n) is 7.22. The molecule has 2 N–H and O–H groups in total. The molecule has 1 unspecified atom stereocenters. The number of benzene rings is 1. The van der Waals surface area contributed by atoms with Gasteiger partial charge in [0, 0.05) is 13.6 Å². The number of aromatic hydroxyl groups is 1. The predicted molar refractivity (Wildman–Crippen MR) is 80.7 cm³/mol. The molecule has 2 heterocycles. The number of rotatable bonds is 2. The van der Waals surface area contributed by atoms with E-state index in [0.717, 1.165) is 25.9 Å². The first kappa shape index (κ1) is 13.9. The van der Waals surface area contributed by atoms with Crippen molar-refractivity contribution in [2.45, 2.75) is 19.4 Å². The lowest BCUT2D eigenvalue weighted by Crippen LogP contribution is -2.43. The van der Waals surface area contributed by atoms with Gasteiger partial charge in [0.2, 0.25) is 0 Å². The number of nitrogens with zero attached hydrogens (tertiary/aromatic N) is 2. The fraction of sp³-hybridized carbons (Fsp3) is 0.467. The zero-order valence-corrected chi connectivity index (χ0v) is 12.0. The van der Waals surface area contributed by atoms with Gasteiger partial charge in [-0.15, -0.1) is 0 Å². The lowest BCUT2D eigenvalue weighted by Gasteiger charge is -2.23. The molecule has 2 aromatic rings. The number of fused-ring (bicyclic) bond motifs is 1. The number of hydrogen-bond acceptors (Lipinski definition) is 4. The highest BCUT2D eigenvalue weighted by atomic mass is 16.3. The maximum atomic E-state index is 12.6. The van der Waals surface area contributed by atoms with Gasteiger partial charge >= 0.3 is 5.69 Å². The third-order valence-corrected chi connectivity index (χ3v) is 4.20. The van der Waals surface area contributed by atoms with Crippen LogP contribution in [0, 0.1) is 5.92 Å². The van der Waals surface area contributed by atoms with Crippen molar-refractivity contribution in [2.75, 3.05) is 13.1 Å². The molecule has 0 saturated carbocycles. The van der Waals surface area contributed by atoms with Gasteiger partial charge in [-0.3, -0.25) is 13.9 Å². The van der Waals surface area contributed by atoms with Crippen LogP contribution in [0.2, 0.25) is 0 Å². The average Bonchev–Trinajstić information content (AvgIpc) is 2.50. The Kier molecular flexibility index (Phi) is 3.55. The zero-order valence-electron chi connectivity index (χ0n) is 12.0. The summed E-state index contributed by atoms with van der Waals surface area (Å²) in [5, 5.41) is 13.5. The second kappa shape index (κ2) is 5.37. The van der Waals surface area contributed by atoms with Gasteiger partial charge in [-0.1, -0.05) is 6.07 Å². The zero-order chi connectivity index (χ0) is 15.0. The van der Waals surface area contributed by atoms with E-state index in [2.05, 4.69) is 5.32 Å². The molecular formula is C15H19N3O3. The highest BCUT2D eigenvalue weighted by Gasteiger charge is 2.19. The van der Waals surface area contributed by atoms with E-state index >= 15 is 0 Å². The van der Waals surface area contributed by atoms with E-state index in [0.29, 0.717) is 12.1 Å². The highest BCUT2D eigenvalue weighted by Crippen LogP contribution is 2.19. The Morgan fingerprint density at radius 1 is 1.38 bits per heavy atom. The SMILES string of the molecule is Cn1c(=O)n(CC2CCCNC2)c(=O)c2c(O)cccc21. The molecule has 0 bridgehead atoms. The average molecular weight is 289 g/mol. The van der Waals surface area contributed by atoms with Gasteiger partial charge < -0.3 is 10.4 Å². The van der Waals surface area contributed by atoms with Crippen molar-refractivity contribution in [2.24, 2.45) is 13.0 Å². The van der Waals surface area contributed by atoms with Crippen molar-refractivity contribution in [3.63, 3.8) is 0 Å². The predicted octanol–water partition coefficient (Wildman–Crippen LogP) is 0.405. The Bertz CT molecular complexity index is 785. The molecule has 0 amide bonds. The molecule has 21 heavy (non-hydrogen) atoms. The van der Waals surface area contributed by atoms with Crippen LogP contribution in [0.1, 0.15) is 12.8 Å². The largest absolute Gasteiger partial charge is 0.507 e. The van der Waals surface area contributed by atoms with Crippen molar-refractivity contribution in [3.8, 4) is 5.75 Å². The van der Waals surface area contributed by atoms with E-state index in [4.69, 9.17) is 0 Å². The van der Waals surface area contributed by atoms with Crippen LogP contribution in [-0.2, 0) is 13.6 Å². The molecule has 6 heteroatoms. The highest BCUT2D eigenvalue weighted by molar-refractivity contribution is 5.84. The summed E-state index contributed by atoms with van der Waals surface area (Å²) >= 11 is 0. The van der Waals surface area contributed by atoms with Gasteiger partial charge in [0.15, 0.2) is 0 Å². The smallest absolute Gasteiger partial charge is 0.331 e. The maximum Gasteiger partial charge on any atom is 0.331 e. The first-order chi connectivity index (χ1) is 10.1. The van der Waals surface area contributed by atoms with Gasteiger partial charge in [0.1, 0.15) is 11.1 Å². The van der Waals surface area contributed by atoms with Crippen molar-refractivity contribution < 1.29 is 5.11 Å². The molecule has 1 aromatic heterocycles. The van der Waals surface area contributed by atoms with Crippen molar-refractivity contribution in [1.29, 1.82) is 0 Å². The number of aromatic nitrogens is 2. The van der Waals surface area contributed by atoms with Crippen LogP contribution >= 0.6 is 0 Å². The Hall–Kier alpha value is -2.08. The second-order valence-corrected chi connectivity index (χ2v) is 5.64. The molecule has 6 nitrogen and oxygen atoms in total. The lowest BCUT2D eigenvalue weighted by molar-refractivity contribution is 0.327. The Labute approximate surface area is 121 Å². The summed E-state index contributed by atoms with van der Waals surface area (Å²) in [5.41, 5.74) is -0.275. The van der Waals surface area contributed by atoms with E-state index in [1.807, 2.05) is 0 Å². The summed E-state index contributed by atoms with van der Waals surface area (Å²) in [6.07, 6.45) is 2.06. The van der Waals surface area contributed by atoms with Crippen LogP contribution < -0.4 is 16.6 Å². The van der Waals surface area contributed by atoms with Gasteiger partial charge in [-0.05, 0) is 44.0 Å². The molecule has 1 aromatic carbocycles. The second-order valence-electron chi connectivity index (χ2n) is 5.64. The lowest BCUT2D eigenvalue weighted by atomic mass is 9.99. The minimum Gasteiger partial charge on any atom is -0.507 e. The van der Waals surface area contributed by atoms with Crippen LogP contribution in [0.5, 0.6) is 5.75 Å². The number of aryl methyl sites for hydroxylation is 1. The number of nitrogens with one attached hydrogen (secondary N) is 1. The molecule has 0 aliphatic carbocycles. The van der Waals surface area contributed by atoms with Gasteiger partial charge in [0.25, 0.3) is 5.56 Å². The summed E-state index contributed by atoms with van der Waals surface area (Å²) in [5.74, 6) is 0.191. The Balaban J connectivity index is 2.16. The third kappa shape index (κ3) is 2.35.